The molecule has 25 heavy (non-hydrogen) atoms. The van der Waals surface area contributed by atoms with Gasteiger partial charge >= 0.3 is 12.4 Å². The predicted molar refractivity (Wildman–Crippen MR) is 81.1 cm³/mol. The molecule has 0 radical (unpaired) electrons. The van der Waals surface area contributed by atoms with Crippen molar-refractivity contribution in [3.8, 4) is 0 Å². The summed E-state index contributed by atoms with van der Waals surface area (Å²) in [5, 5.41) is 0. The summed E-state index contributed by atoms with van der Waals surface area (Å²) in [5.74, 6) is 0. The van der Waals surface area contributed by atoms with Crippen molar-refractivity contribution in [3.05, 3.63) is 0 Å². The molecule has 0 aliphatic heterocycles. The number of rotatable bonds is 4. The van der Waals surface area contributed by atoms with Crippen LogP contribution in [0.3, 0.4) is 0 Å². The van der Waals surface area contributed by atoms with E-state index in [9.17, 15) is 35.1 Å². The lowest BCUT2D eigenvalue weighted by Gasteiger charge is -2.48. The first-order valence-corrected chi connectivity index (χ1v) is 9.26. The van der Waals surface area contributed by atoms with E-state index in [1.807, 2.05) is 0 Å². The molecule has 2 aliphatic carbocycles. The lowest BCUT2D eigenvalue weighted by atomic mass is 9.83. The second-order valence-corrected chi connectivity index (χ2v) is 9.34. The monoisotopic (exact) mass is 398 g/mol. The summed E-state index contributed by atoms with van der Waals surface area (Å²) in [6, 6.07) is 0. The van der Waals surface area contributed by atoms with Crippen molar-refractivity contribution in [2.75, 3.05) is 0 Å². The molecule has 0 unspecified atom stereocenters. The third-order valence-electron chi connectivity index (χ3n) is 5.13. The molecule has 0 aromatic carbocycles. The number of halogens is 8. The maximum absolute atomic E-state index is 13.4. The maximum atomic E-state index is 13.4. The molecule has 2 rings (SSSR count). The van der Waals surface area contributed by atoms with Crippen LogP contribution in [0.25, 0.3) is 0 Å². The van der Waals surface area contributed by atoms with Gasteiger partial charge in [0.25, 0.3) is 0 Å². The smallest absolute Gasteiger partial charge is 0.247 e. The molecule has 0 aromatic heterocycles. The Bertz CT molecular complexity index is 388. The van der Waals surface area contributed by atoms with Crippen molar-refractivity contribution in [1.82, 2.24) is 0 Å². The Kier molecular flexibility index (Phi) is 6.27. The summed E-state index contributed by atoms with van der Waals surface area (Å²) in [6.07, 6.45) is -14.6. The summed E-state index contributed by atoms with van der Waals surface area (Å²) in [5.41, 5.74) is 0. The highest BCUT2D eigenvalue weighted by molar-refractivity contribution is 8.02. The van der Waals surface area contributed by atoms with Crippen molar-refractivity contribution < 1.29 is 35.1 Å². The van der Waals surface area contributed by atoms with E-state index >= 15 is 0 Å². The first-order chi connectivity index (χ1) is 11.3. The summed E-state index contributed by atoms with van der Waals surface area (Å²) in [4.78, 5) is 0. The second kappa shape index (κ2) is 7.43. The number of hydrogen-bond donors (Lipinski definition) is 0. The van der Waals surface area contributed by atoms with Gasteiger partial charge < -0.3 is 0 Å². The lowest BCUT2D eigenvalue weighted by molar-refractivity contribution is -0.145. The van der Waals surface area contributed by atoms with E-state index in [0.29, 0.717) is 0 Å². The minimum atomic E-state index is -4.53. The summed E-state index contributed by atoms with van der Waals surface area (Å²) < 4.78 is 102. The van der Waals surface area contributed by atoms with E-state index in [-0.39, 0.29) is 51.4 Å². The molecule has 0 N–H and O–H groups in total. The van der Waals surface area contributed by atoms with E-state index in [0.717, 1.165) is 11.8 Å². The molecule has 148 valence electrons. The Hall–Kier alpha value is -0.210. The summed E-state index contributed by atoms with van der Waals surface area (Å²) in [7, 11) is 0. The Balaban J connectivity index is 2.25. The van der Waals surface area contributed by atoms with Crippen LogP contribution in [0.5, 0.6) is 0 Å². The second-order valence-electron chi connectivity index (χ2n) is 7.40. The van der Waals surface area contributed by atoms with Gasteiger partial charge in [0.05, 0.1) is 12.8 Å². The van der Waals surface area contributed by atoms with Gasteiger partial charge in [-0.2, -0.15) is 26.3 Å². The van der Waals surface area contributed by atoms with Gasteiger partial charge in [-0.15, -0.1) is 11.8 Å². The highest BCUT2D eigenvalue weighted by Crippen LogP contribution is 2.58. The topological polar surface area (TPSA) is 0 Å². The normalized spacial score (nSPS) is 37.9. The molecule has 2 aliphatic rings. The Labute approximate surface area is 146 Å². The fourth-order valence-corrected chi connectivity index (χ4v) is 6.31. The highest BCUT2D eigenvalue weighted by atomic mass is 32.2. The van der Waals surface area contributed by atoms with Crippen LogP contribution < -0.4 is 0 Å². The zero-order valence-corrected chi connectivity index (χ0v) is 14.5. The molecule has 0 amide bonds. The average Bonchev–Trinajstić information content (AvgIpc) is 2.42. The van der Waals surface area contributed by atoms with Crippen LogP contribution >= 0.6 is 11.8 Å². The van der Waals surface area contributed by atoms with E-state index in [1.54, 1.807) is 0 Å². The van der Waals surface area contributed by atoms with Gasteiger partial charge in [-0.05, 0) is 51.4 Å². The molecular formula is C16H22F8S. The quantitative estimate of drug-likeness (QED) is 0.463. The average molecular weight is 398 g/mol. The fourth-order valence-electron chi connectivity index (χ4n) is 4.04. The van der Waals surface area contributed by atoms with E-state index < -0.39 is 47.0 Å². The van der Waals surface area contributed by atoms with Crippen LogP contribution in [0.2, 0.25) is 0 Å². The molecule has 0 bridgehead atoms. The van der Waals surface area contributed by atoms with Crippen LogP contribution in [0.15, 0.2) is 0 Å². The van der Waals surface area contributed by atoms with Crippen LogP contribution in [0, 0.1) is 0 Å². The lowest BCUT2D eigenvalue weighted by Crippen LogP contribution is -2.45. The van der Waals surface area contributed by atoms with Crippen molar-refractivity contribution in [2.45, 2.75) is 98.4 Å². The zero-order valence-electron chi connectivity index (χ0n) is 13.7. The Morgan fingerprint density at radius 1 is 0.640 bits per heavy atom. The van der Waals surface area contributed by atoms with Gasteiger partial charge in [-0.3, -0.25) is 0 Å². The van der Waals surface area contributed by atoms with Gasteiger partial charge in [0.2, 0.25) is 0 Å². The fraction of sp³-hybridized carbons (Fsp3) is 1.00. The highest BCUT2D eigenvalue weighted by Gasteiger charge is 2.53. The van der Waals surface area contributed by atoms with Gasteiger partial charge in [-0.25, -0.2) is 8.78 Å². The van der Waals surface area contributed by atoms with E-state index in [4.69, 9.17) is 0 Å². The zero-order chi connectivity index (χ0) is 18.9. The largest absolute Gasteiger partial charge is 0.390 e. The minimum Gasteiger partial charge on any atom is -0.247 e. The molecular weight excluding hydrogens is 376 g/mol. The van der Waals surface area contributed by atoms with Crippen LogP contribution in [-0.2, 0) is 0 Å². The van der Waals surface area contributed by atoms with Gasteiger partial charge in [0, 0.05) is 9.49 Å². The number of alkyl halides is 8. The van der Waals surface area contributed by atoms with Gasteiger partial charge in [0.15, 0.2) is 0 Å². The first kappa shape index (κ1) is 21.1. The van der Waals surface area contributed by atoms with E-state index in [1.165, 1.54) is 0 Å². The van der Waals surface area contributed by atoms with Crippen LogP contribution in [0.1, 0.15) is 64.2 Å². The SMILES string of the molecule is FC1CCC(CC(F)(F)F)(SC2(CC(F)(F)F)CCC(F)CC2)CC1. The molecule has 0 aromatic rings. The van der Waals surface area contributed by atoms with Gasteiger partial charge in [0.1, 0.15) is 12.3 Å². The maximum Gasteiger partial charge on any atom is 0.390 e. The molecule has 0 heterocycles. The number of hydrogen-bond acceptors (Lipinski definition) is 1. The predicted octanol–water partition coefficient (Wildman–Crippen LogP) is 6.93. The number of thioether (sulfide) groups is 1. The standard InChI is InChI=1S/C16H22F8S/c17-11-1-5-13(6-2-11,9-15(19,20)21)25-14(10-16(22,23)24)7-3-12(18)4-8-14/h11-12H,1-10H2. The molecule has 2 saturated carbocycles. The summed E-state index contributed by atoms with van der Waals surface area (Å²) in [6.45, 7) is 0. The third kappa shape index (κ3) is 6.47. The van der Waals surface area contributed by atoms with Crippen molar-refractivity contribution in [2.24, 2.45) is 0 Å². The molecule has 2 fully saturated rings. The van der Waals surface area contributed by atoms with Gasteiger partial charge in [-0.1, -0.05) is 0 Å². The van der Waals surface area contributed by atoms with Crippen LogP contribution in [0.4, 0.5) is 35.1 Å². The first-order valence-electron chi connectivity index (χ1n) is 8.44. The molecule has 0 nitrogen and oxygen atoms in total. The van der Waals surface area contributed by atoms with Crippen molar-refractivity contribution >= 4 is 11.8 Å². The molecule has 0 spiro atoms. The molecule has 0 saturated heterocycles. The van der Waals surface area contributed by atoms with Crippen LogP contribution in [-0.4, -0.2) is 34.2 Å². The van der Waals surface area contributed by atoms with Crippen molar-refractivity contribution in [3.63, 3.8) is 0 Å². The molecule has 0 atom stereocenters. The third-order valence-corrected chi connectivity index (χ3v) is 7.10. The Morgan fingerprint density at radius 2 is 0.920 bits per heavy atom. The minimum absolute atomic E-state index is 0.0725. The van der Waals surface area contributed by atoms with E-state index in [2.05, 4.69) is 0 Å². The summed E-state index contributed by atoms with van der Waals surface area (Å²) >= 11 is 0.721. The molecule has 9 heteroatoms. The van der Waals surface area contributed by atoms with Crippen molar-refractivity contribution in [1.29, 1.82) is 0 Å². The Morgan fingerprint density at radius 3 is 1.16 bits per heavy atom.